The van der Waals surface area contributed by atoms with Crippen LogP contribution in [0.2, 0.25) is 0 Å². The normalized spacial score (nSPS) is 24.7. The molecule has 1 amide bonds. The summed E-state index contributed by atoms with van der Waals surface area (Å²) in [5, 5.41) is 6.58. The second-order valence-electron chi connectivity index (χ2n) is 7.54. The molecule has 2 saturated heterocycles. The first-order valence-corrected chi connectivity index (χ1v) is 9.84. The Morgan fingerprint density at radius 3 is 1.96 bits per heavy atom. The first-order valence-electron chi connectivity index (χ1n) is 9.84. The highest BCUT2D eigenvalue weighted by Gasteiger charge is 2.32. The van der Waals surface area contributed by atoms with E-state index in [9.17, 15) is 4.79 Å². The van der Waals surface area contributed by atoms with E-state index in [-0.39, 0.29) is 24.3 Å². The minimum atomic E-state index is -0.0460. The highest BCUT2D eigenvalue weighted by atomic mass is 16.2. The molecule has 27 heavy (non-hydrogen) atoms. The molecule has 0 aromatic heterocycles. The van der Waals surface area contributed by atoms with Gasteiger partial charge in [-0.1, -0.05) is 60.7 Å². The highest BCUT2D eigenvalue weighted by molar-refractivity contribution is 5.77. The van der Waals surface area contributed by atoms with Crippen molar-refractivity contribution in [2.75, 3.05) is 26.2 Å². The van der Waals surface area contributed by atoms with Gasteiger partial charge in [-0.25, -0.2) is 0 Å². The fourth-order valence-corrected chi connectivity index (χ4v) is 4.19. The third-order valence-corrected chi connectivity index (χ3v) is 5.54. The number of carbonyl (C=O) groups is 1. The molecule has 4 rings (SSSR count). The number of hydrogen-bond donors (Lipinski definition) is 2. The summed E-state index contributed by atoms with van der Waals surface area (Å²) in [6.07, 6.45) is 0.510. The van der Waals surface area contributed by atoms with Gasteiger partial charge in [0.1, 0.15) is 6.29 Å². The van der Waals surface area contributed by atoms with Crippen molar-refractivity contribution in [3.8, 4) is 0 Å². The van der Waals surface area contributed by atoms with Crippen LogP contribution in [0.15, 0.2) is 60.7 Å². The molecule has 0 radical (unpaired) electrons. The van der Waals surface area contributed by atoms with E-state index in [1.807, 2.05) is 0 Å². The Labute approximate surface area is 161 Å². The average Bonchev–Trinajstić information content (AvgIpc) is 2.70. The van der Waals surface area contributed by atoms with Gasteiger partial charge in [0.25, 0.3) is 0 Å². The molecular formula is C22H28N4O. The Morgan fingerprint density at radius 1 is 0.889 bits per heavy atom. The molecule has 5 heteroatoms. The predicted molar refractivity (Wildman–Crippen MR) is 107 cm³/mol. The van der Waals surface area contributed by atoms with Crippen molar-refractivity contribution < 1.29 is 4.79 Å². The monoisotopic (exact) mass is 364 g/mol. The number of piperazine rings is 1. The van der Waals surface area contributed by atoms with E-state index in [4.69, 9.17) is 0 Å². The summed E-state index contributed by atoms with van der Waals surface area (Å²) in [5.74, 6) is 0.139. The van der Waals surface area contributed by atoms with Crippen molar-refractivity contribution in [1.82, 2.24) is 20.4 Å². The molecule has 2 atom stereocenters. The minimum Gasteiger partial charge on any atom is -0.328 e. The van der Waals surface area contributed by atoms with Gasteiger partial charge in [-0.05, 0) is 18.1 Å². The van der Waals surface area contributed by atoms with Gasteiger partial charge in [-0.2, -0.15) is 0 Å². The molecule has 5 nitrogen and oxygen atoms in total. The number of nitrogens with one attached hydrogen (secondary N) is 2. The van der Waals surface area contributed by atoms with Crippen LogP contribution in [0.1, 0.15) is 30.5 Å². The number of hydrogen-bond acceptors (Lipinski definition) is 4. The molecule has 0 bridgehead atoms. The first-order chi connectivity index (χ1) is 13.2. The number of rotatable bonds is 4. The van der Waals surface area contributed by atoms with Crippen LogP contribution in [0.25, 0.3) is 0 Å². The SMILES string of the molecule is CC1CC(=O)NC(N2CCN(C(c3ccccc3)c3ccccc3)CC2)N1. The third kappa shape index (κ3) is 4.21. The summed E-state index contributed by atoms with van der Waals surface area (Å²) >= 11 is 0. The molecule has 2 unspecified atom stereocenters. The van der Waals surface area contributed by atoms with Gasteiger partial charge in [-0.15, -0.1) is 0 Å². The molecule has 142 valence electrons. The summed E-state index contributed by atoms with van der Waals surface area (Å²) in [7, 11) is 0. The van der Waals surface area contributed by atoms with Crippen LogP contribution in [0, 0.1) is 0 Å². The van der Waals surface area contributed by atoms with E-state index >= 15 is 0 Å². The summed E-state index contributed by atoms with van der Waals surface area (Å²) < 4.78 is 0. The number of nitrogens with zero attached hydrogens (tertiary/aromatic N) is 2. The van der Waals surface area contributed by atoms with Crippen molar-refractivity contribution in [3.63, 3.8) is 0 Å². The number of carbonyl (C=O) groups excluding carboxylic acids is 1. The predicted octanol–water partition coefficient (Wildman–Crippen LogP) is 2.18. The average molecular weight is 364 g/mol. The lowest BCUT2D eigenvalue weighted by molar-refractivity contribution is -0.127. The number of benzene rings is 2. The zero-order valence-corrected chi connectivity index (χ0v) is 15.8. The molecule has 0 saturated carbocycles. The Kier molecular flexibility index (Phi) is 5.53. The quantitative estimate of drug-likeness (QED) is 0.873. The Morgan fingerprint density at radius 2 is 1.44 bits per heavy atom. The van der Waals surface area contributed by atoms with Crippen molar-refractivity contribution in [3.05, 3.63) is 71.8 Å². The fourth-order valence-electron chi connectivity index (χ4n) is 4.19. The molecule has 0 aliphatic carbocycles. The zero-order chi connectivity index (χ0) is 18.6. The van der Waals surface area contributed by atoms with Gasteiger partial charge in [0.15, 0.2) is 0 Å². The van der Waals surface area contributed by atoms with Crippen molar-refractivity contribution in [2.24, 2.45) is 0 Å². The Balaban J connectivity index is 1.48. The van der Waals surface area contributed by atoms with Crippen LogP contribution in [0.4, 0.5) is 0 Å². The second-order valence-corrected chi connectivity index (χ2v) is 7.54. The molecule has 2 aromatic rings. The lowest BCUT2D eigenvalue weighted by atomic mass is 9.96. The number of amides is 1. The van der Waals surface area contributed by atoms with Crippen LogP contribution < -0.4 is 10.6 Å². The lowest BCUT2D eigenvalue weighted by Crippen LogP contribution is -2.66. The first kappa shape index (κ1) is 18.2. The van der Waals surface area contributed by atoms with E-state index in [2.05, 4.69) is 88.0 Å². The topological polar surface area (TPSA) is 47.6 Å². The van der Waals surface area contributed by atoms with Gasteiger partial charge >= 0.3 is 0 Å². The molecule has 2 N–H and O–H groups in total. The van der Waals surface area contributed by atoms with Gasteiger partial charge < -0.3 is 5.32 Å². The molecular weight excluding hydrogens is 336 g/mol. The van der Waals surface area contributed by atoms with Crippen LogP contribution in [-0.2, 0) is 4.79 Å². The van der Waals surface area contributed by atoms with Crippen molar-refractivity contribution in [1.29, 1.82) is 0 Å². The molecule has 2 aromatic carbocycles. The van der Waals surface area contributed by atoms with Crippen molar-refractivity contribution in [2.45, 2.75) is 31.7 Å². The van der Waals surface area contributed by atoms with Crippen LogP contribution in [0.3, 0.4) is 0 Å². The van der Waals surface area contributed by atoms with Crippen molar-refractivity contribution >= 4 is 5.91 Å². The summed E-state index contributed by atoms with van der Waals surface area (Å²) in [4.78, 5) is 16.8. The van der Waals surface area contributed by atoms with Gasteiger partial charge in [-0.3, -0.25) is 19.9 Å². The van der Waals surface area contributed by atoms with Crippen LogP contribution >= 0.6 is 0 Å². The Bertz CT molecular complexity index is 704. The second kappa shape index (κ2) is 8.21. The molecule has 2 fully saturated rings. The summed E-state index contributed by atoms with van der Waals surface area (Å²) in [6.45, 7) is 5.87. The van der Waals surface area contributed by atoms with Crippen LogP contribution in [0.5, 0.6) is 0 Å². The molecule has 0 spiro atoms. The van der Waals surface area contributed by atoms with E-state index in [0.29, 0.717) is 6.42 Å². The Hall–Kier alpha value is -2.21. The maximum absolute atomic E-state index is 11.9. The highest BCUT2D eigenvalue weighted by Crippen LogP contribution is 2.29. The van der Waals surface area contributed by atoms with E-state index in [0.717, 1.165) is 26.2 Å². The summed E-state index contributed by atoms with van der Waals surface area (Å²) in [6, 6.07) is 22.0. The fraction of sp³-hybridized carbons (Fsp3) is 0.409. The van der Waals surface area contributed by atoms with Gasteiger partial charge in [0.2, 0.25) is 5.91 Å². The molecule has 2 aliphatic rings. The lowest BCUT2D eigenvalue weighted by Gasteiger charge is -2.44. The molecule has 2 aliphatic heterocycles. The maximum atomic E-state index is 11.9. The smallest absolute Gasteiger partial charge is 0.223 e. The maximum Gasteiger partial charge on any atom is 0.223 e. The summed E-state index contributed by atoms with van der Waals surface area (Å²) in [5.41, 5.74) is 2.66. The zero-order valence-electron chi connectivity index (χ0n) is 15.8. The van der Waals surface area contributed by atoms with Gasteiger partial charge in [0.05, 0.1) is 6.04 Å². The molecule has 2 heterocycles. The van der Waals surface area contributed by atoms with E-state index in [1.165, 1.54) is 11.1 Å². The van der Waals surface area contributed by atoms with E-state index in [1.54, 1.807) is 0 Å². The largest absolute Gasteiger partial charge is 0.328 e. The minimum absolute atomic E-state index is 0.0460. The van der Waals surface area contributed by atoms with E-state index < -0.39 is 0 Å². The van der Waals surface area contributed by atoms with Gasteiger partial charge in [0, 0.05) is 38.6 Å². The standard InChI is InChI=1S/C22H28N4O/c1-17-16-20(27)24-22(23-17)26-14-12-25(13-15-26)21(18-8-4-2-5-9-18)19-10-6-3-7-11-19/h2-11,17,21-23H,12-16H2,1H3,(H,24,27). The third-order valence-electron chi connectivity index (χ3n) is 5.54. The van der Waals surface area contributed by atoms with Crippen LogP contribution in [-0.4, -0.2) is 54.2 Å².